The van der Waals surface area contributed by atoms with Gasteiger partial charge in [0.2, 0.25) is 15.9 Å². The highest BCUT2D eigenvalue weighted by Crippen LogP contribution is 2.16. The summed E-state index contributed by atoms with van der Waals surface area (Å²) in [5.74, 6) is -0.224. The Morgan fingerprint density at radius 2 is 2.00 bits per heavy atom. The fraction of sp³-hybridized carbons (Fsp3) is 0.667. The zero-order valence-electron chi connectivity index (χ0n) is 14.5. The van der Waals surface area contributed by atoms with Crippen LogP contribution in [0.25, 0.3) is 0 Å². The number of carbonyl (C=O) groups excluding carboxylic acids is 1. The van der Waals surface area contributed by atoms with Crippen LogP contribution in [-0.4, -0.2) is 72.5 Å². The van der Waals surface area contributed by atoms with Crippen molar-refractivity contribution < 1.29 is 17.9 Å². The Labute approximate surface area is 142 Å². The van der Waals surface area contributed by atoms with Gasteiger partial charge in [-0.1, -0.05) is 0 Å². The number of ether oxygens (including phenoxy) is 1. The number of carbonyl (C=O) groups is 1. The molecular formula is C15H24N4O4S. The summed E-state index contributed by atoms with van der Waals surface area (Å²) in [6, 6.07) is 2.19. The van der Waals surface area contributed by atoms with Crippen LogP contribution in [0.4, 0.5) is 0 Å². The fourth-order valence-corrected chi connectivity index (χ4v) is 2.91. The predicted octanol–water partition coefficient (Wildman–Crippen LogP) is 0.355. The topological polar surface area (TPSA) is 92.7 Å². The van der Waals surface area contributed by atoms with Crippen molar-refractivity contribution in [2.45, 2.75) is 32.8 Å². The molecule has 0 radical (unpaired) electrons. The molecule has 0 bridgehead atoms. The molecule has 24 heavy (non-hydrogen) atoms. The van der Waals surface area contributed by atoms with Crippen molar-refractivity contribution >= 4 is 15.9 Å². The number of hydrogen-bond donors (Lipinski definition) is 0. The number of sulfonamides is 1. The van der Waals surface area contributed by atoms with E-state index in [9.17, 15) is 13.2 Å². The third-order valence-electron chi connectivity index (χ3n) is 3.89. The Kier molecular flexibility index (Phi) is 5.76. The maximum absolute atomic E-state index is 12.3. The molecule has 0 aromatic carbocycles. The third-order valence-corrected chi connectivity index (χ3v) is 5.15. The average molecular weight is 356 g/mol. The SMILES string of the molecule is Cc1cc(C)nc(OC2CCCN(C(=O)CN(C)S(C)(=O)=O)C2)n1. The number of aromatic nitrogens is 2. The average Bonchev–Trinajstić information content (AvgIpc) is 2.45. The van der Waals surface area contributed by atoms with Gasteiger partial charge in [-0.15, -0.1) is 0 Å². The van der Waals surface area contributed by atoms with Crippen molar-refractivity contribution in [3.05, 3.63) is 17.5 Å². The minimum atomic E-state index is -3.37. The molecule has 1 atom stereocenters. The molecule has 1 aliphatic rings. The van der Waals surface area contributed by atoms with Crippen molar-refractivity contribution in [1.82, 2.24) is 19.2 Å². The van der Waals surface area contributed by atoms with Crippen LogP contribution >= 0.6 is 0 Å². The van der Waals surface area contributed by atoms with Crippen molar-refractivity contribution in [2.75, 3.05) is 32.9 Å². The summed E-state index contributed by atoms with van der Waals surface area (Å²) >= 11 is 0. The molecule has 0 spiro atoms. The van der Waals surface area contributed by atoms with Crippen LogP contribution in [0.15, 0.2) is 6.07 Å². The minimum absolute atomic E-state index is 0.161. The number of amides is 1. The summed E-state index contributed by atoms with van der Waals surface area (Å²) in [5, 5.41) is 0. The fourth-order valence-electron chi connectivity index (χ4n) is 2.56. The number of nitrogens with zero attached hydrogens (tertiary/aromatic N) is 4. The number of rotatable bonds is 5. The molecule has 1 aromatic rings. The first-order valence-electron chi connectivity index (χ1n) is 7.83. The highest BCUT2D eigenvalue weighted by Gasteiger charge is 2.27. The lowest BCUT2D eigenvalue weighted by atomic mass is 10.1. The first-order chi connectivity index (χ1) is 11.1. The first kappa shape index (κ1) is 18.6. The van der Waals surface area contributed by atoms with Crippen molar-refractivity contribution in [1.29, 1.82) is 0 Å². The van der Waals surface area contributed by atoms with Gasteiger partial charge in [-0.2, -0.15) is 4.31 Å². The second-order valence-corrected chi connectivity index (χ2v) is 8.26. The molecule has 0 aliphatic carbocycles. The van der Waals surface area contributed by atoms with E-state index in [4.69, 9.17) is 4.74 Å². The van der Waals surface area contributed by atoms with Crippen LogP contribution in [0.3, 0.4) is 0 Å². The van der Waals surface area contributed by atoms with Gasteiger partial charge in [0.15, 0.2) is 0 Å². The summed E-state index contributed by atoms with van der Waals surface area (Å²) in [6.45, 7) is 4.60. The lowest BCUT2D eigenvalue weighted by molar-refractivity contribution is -0.133. The van der Waals surface area contributed by atoms with E-state index in [1.54, 1.807) is 4.90 Å². The normalized spacial score (nSPS) is 18.7. The van der Waals surface area contributed by atoms with Gasteiger partial charge in [-0.3, -0.25) is 4.79 Å². The maximum atomic E-state index is 12.3. The standard InChI is InChI=1S/C15H24N4O4S/c1-11-8-12(2)17-15(16-11)23-13-6-5-7-19(9-13)14(20)10-18(3)24(4,21)22/h8,13H,5-7,9-10H2,1-4H3. The van der Waals surface area contributed by atoms with E-state index >= 15 is 0 Å². The summed E-state index contributed by atoms with van der Waals surface area (Å²) in [7, 11) is -1.98. The molecule has 8 nitrogen and oxygen atoms in total. The Hall–Kier alpha value is -1.74. The molecule has 1 unspecified atom stereocenters. The van der Waals surface area contributed by atoms with E-state index in [1.807, 2.05) is 19.9 Å². The Morgan fingerprint density at radius 3 is 2.58 bits per heavy atom. The van der Waals surface area contributed by atoms with E-state index in [0.29, 0.717) is 19.1 Å². The summed E-state index contributed by atoms with van der Waals surface area (Å²) < 4.78 is 29.7. The van der Waals surface area contributed by atoms with E-state index in [0.717, 1.165) is 34.8 Å². The zero-order valence-corrected chi connectivity index (χ0v) is 15.3. The van der Waals surface area contributed by atoms with Crippen molar-refractivity contribution in [3.63, 3.8) is 0 Å². The summed E-state index contributed by atoms with van der Waals surface area (Å²) in [6.07, 6.45) is 2.50. The van der Waals surface area contributed by atoms with Gasteiger partial charge < -0.3 is 9.64 Å². The molecule has 1 amide bonds. The molecular weight excluding hydrogens is 332 g/mol. The molecule has 1 aliphatic heterocycles. The van der Waals surface area contributed by atoms with Gasteiger partial charge in [0.25, 0.3) is 0 Å². The lowest BCUT2D eigenvalue weighted by Gasteiger charge is -2.33. The van der Waals surface area contributed by atoms with Crippen molar-refractivity contribution in [2.24, 2.45) is 0 Å². The Bertz CT molecular complexity index is 687. The quantitative estimate of drug-likeness (QED) is 0.756. The highest BCUT2D eigenvalue weighted by molar-refractivity contribution is 7.88. The van der Waals surface area contributed by atoms with Crippen LogP contribution < -0.4 is 4.74 Å². The molecule has 1 saturated heterocycles. The summed E-state index contributed by atoms with van der Waals surface area (Å²) in [4.78, 5) is 22.4. The van der Waals surface area contributed by atoms with Gasteiger partial charge in [0, 0.05) is 25.0 Å². The van der Waals surface area contributed by atoms with E-state index in [1.165, 1.54) is 7.05 Å². The summed E-state index contributed by atoms with van der Waals surface area (Å²) in [5.41, 5.74) is 1.66. The molecule has 2 heterocycles. The third kappa shape index (κ3) is 5.13. The van der Waals surface area contributed by atoms with Crippen LogP contribution in [0.5, 0.6) is 6.01 Å². The largest absolute Gasteiger partial charge is 0.458 e. The molecule has 0 saturated carbocycles. The molecule has 134 valence electrons. The first-order valence-corrected chi connectivity index (χ1v) is 9.68. The van der Waals surface area contributed by atoms with Crippen LogP contribution in [0, 0.1) is 13.8 Å². The number of likely N-dealkylation sites (tertiary alicyclic amines) is 1. The maximum Gasteiger partial charge on any atom is 0.317 e. The number of hydrogen-bond acceptors (Lipinski definition) is 6. The van der Waals surface area contributed by atoms with Gasteiger partial charge >= 0.3 is 6.01 Å². The van der Waals surface area contributed by atoms with Gasteiger partial charge in [0.1, 0.15) is 6.10 Å². The van der Waals surface area contributed by atoms with Gasteiger partial charge in [-0.25, -0.2) is 18.4 Å². The van der Waals surface area contributed by atoms with Gasteiger partial charge in [0.05, 0.1) is 19.3 Å². The second kappa shape index (κ2) is 7.43. The van der Waals surface area contributed by atoms with Crippen LogP contribution in [0.2, 0.25) is 0 Å². The Morgan fingerprint density at radius 1 is 1.38 bits per heavy atom. The predicted molar refractivity (Wildman–Crippen MR) is 89.2 cm³/mol. The second-order valence-electron chi connectivity index (χ2n) is 6.17. The number of aryl methyl sites for hydroxylation is 2. The Balaban J connectivity index is 1.97. The van der Waals surface area contributed by atoms with Crippen LogP contribution in [-0.2, 0) is 14.8 Å². The number of piperidine rings is 1. The monoisotopic (exact) mass is 356 g/mol. The van der Waals surface area contributed by atoms with E-state index in [-0.39, 0.29) is 18.6 Å². The molecule has 9 heteroatoms. The molecule has 2 rings (SSSR count). The zero-order chi connectivity index (χ0) is 17.9. The smallest absolute Gasteiger partial charge is 0.317 e. The van der Waals surface area contributed by atoms with Gasteiger partial charge in [-0.05, 0) is 32.8 Å². The lowest BCUT2D eigenvalue weighted by Crippen LogP contribution is -2.48. The van der Waals surface area contributed by atoms with Crippen molar-refractivity contribution in [3.8, 4) is 6.01 Å². The highest BCUT2D eigenvalue weighted by atomic mass is 32.2. The number of likely N-dealkylation sites (N-methyl/N-ethyl adjacent to an activating group) is 1. The molecule has 0 N–H and O–H groups in total. The molecule has 1 fully saturated rings. The van der Waals surface area contributed by atoms with E-state index in [2.05, 4.69) is 9.97 Å². The van der Waals surface area contributed by atoms with E-state index < -0.39 is 10.0 Å². The van der Waals surface area contributed by atoms with Crippen LogP contribution in [0.1, 0.15) is 24.2 Å². The molecule has 1 aromatic heterocycles. The minimum Gasteiger partial charge on any atom is -0.458 e.